The van der Waals surface area contributed by atoms with Gasteiger partial charge in [0.15, 0.2) is 0 Å². The molecule has 3 nitrogen and oxygen atoms in total. The normalized spacial score (nSPS) is 20.8. The zero-order valence-electron chi connectivity index (χ0n) is 10.1. The first-order valence-corrected chi connectivity index (χ1v) is 6.15. The lowest BCUT2D eigenvalue weighted by Crippen LogP contribution is -2.40. The molecule has 0 aromatic carbocycles. The van der Waals surface area contributed by atoms with Gasteiger partial charge in [-0.25, -0.2) is 0 Å². The van der Waals surface area contributed by atoms with E-state index in [9.17, 15) is 5.11 Å². The van der Waals surface area contributed by atoms with E-state index in [0.717, 1.165) is 12.5 Å². The first kappa shape index (κ1) is 12.9. The van der Waals surface area contributed by atoms with E-state index in [0.29, 0.717) is 18.5 Å². The highest BCUT2D eigenvalue weighted by molar-refractivity contribution is 4.84. The smallest absolute Gasteiger partial charge is 0.0786 e. The van der Waals surface area contributed by atoms with Gasteiger partial charge in [-0.3, -0.25) is 0 Å². The molecule has 1 saturated carbocycles. The van der Waals surface area contributed by atoms with Crippen LogP contribution in [-0.2, 0) is 0 Å². The van der Waals surface area contributed by atoms with Gasteiger partial charge in [0, 0.05) is 19.6 Å². The molecule has 1 rings (SSSR count). The average molecular weight is 214 g/mol. The number of aliphatic hydroxyl groups is 1. The third-order valence-electron chi connectivity index (χ3n) is 3.69. The summed E-state index contributed by atoms with van der Waals surface area (Å²) >= 11 is 0. The van der Waals surface area contributed by atoms with Gasteiger partial charge in [0.25, 0.3) is 0 Å². The molecule has 3 heteroatoms. The fraction of sp³-hybridized carbons (Fsp3) is 1.00. The number of rotatable bonds is 6. The summed E-state index contributed by atoms with van der Waals surface area (Å²) in [4.78, 5) is 0. The lowest BCUT2D eigenvalue weighted by atomic mass is 9.78. The van der Waals surface area contributed by atoms with Gasteiger partial charge in [-0.2, -0.15) is 0 Å². The van der Waals surface area contributed by atoms with Crippen molar-refractivity contribution in [2.45, 2.75) is 45.6 Å². The number of nitrogens with one attached hydrogen (secondary N) is 1. The molecule has 0 heterocycles. The Hall–Kier alpha value is -0.120. The molecule has 0 radical (unpaired) electrons. The molecule has 0 saturated heterocycles. The van der Waals surface area contributed by atoms with E-state index in [1.165, 1.54) is 25.7 Å². The molecule has 0 spiro atoms. The molecule has 1 aliphatic rings. The van der Waals surface area contributed by atoms with Crippen molar-refractivity contribution in [1.29, 1.82) is 0 Å². The van der Waals surface area contributed by atoms with E-state index in [1.807, 2.05) is 0 Å². The number of hydrogen-bond donors (Lipinski definition) is 3. The number of nitrogens with two attached hydrogens (primary N) is 1. The van der Waals surface area contributed by atoms with Gasteiger partial charge in [-0.1, -0.05) is 26.7 Å². The molecular weight excluding hydrogens is 188 g/mol. The standard InChI is InChI=1S/C12H26N2O/c1-12(2,10-5-3-4-6-10)9-14-8-11(15)7-13/h10-11,14-15H,3-9,13H2,1-2H3. The van der Waals surface area contributed by atoms with E-state index in [1.54, 1.807) is 0 Å². The van der Waals surface area contributed by atoms with Crippen molar-refractivity contribution in [3.63, 3.8) is 0 Å². The Morgan fingerprint density at radius 1 is 1.40 bits per heavy atom. The van der Waals surface area contributed by atoms with Gasteiger partial charge in [0.05, 0.1) is 6.10 Å². The first-order chi connectivity index (χ1) is 7.06. The van der Waals surface area contributed by atoms with E-state index < -0.39 is 6.10 Å². The van der Waals surface area contributed by atoms with Crippen molar-refractivity contribution in [3.8, 4) is 0 Å². The molecule has 0 amide bonds. The van der Waals surface area contributed by atoms with Crippen molar-refractivity contribution >= 4 is 0 Å². The molecule has 0 aromatic rings. The van der Waals surface area contributed by atoms with E-state index in [2.05, 4.69) is 19.2 Å². The Labute approximate surface area is 93.4 Å². The minimum atomic E-state index is -0.399. The minimum absolute atomic E-state index is 0.344. The molecule has 15 heavy (non-hydrogen) atoms. The lowest BCUT2D eigenvalue weighted by Gasteiger charge is -2.32. The SMILES string of the molecule is CC(C)(CNCC(O)CN)C1CCCC1. The van der Waals surface area contributed by atoms with Crippen molar-refractivity contribution in [2.24, 2.45) is 17.1 Å². The van der Waals surface area contributed by atoms with Crippen LogP contribution in [0.5, 0.6) is 0 Å². The van der Waals surface area contributed by atoms with Crippen LogP contribution in [0.25, 0.3) is 0 Å². The molecule has 90 valence electrons. The predicted molar refractivity (Wildman–Crippen MR) is 63.7 cm³/mol. The van der Waals surface area contributed by atoms with Crippen molar-refractivity contribution in [2.75, 3.05) is 19.6 Å². The highest BCUT2D eigenvalue weighted by Gasteiger charge is 2.31. The van der Waals surface area contributed by atoms with Gasteiger partial charge >= 0.3 is 0 Å². The molecule has 0 bridgehead atoms. The summed E-state index contributed by atoms with van der Waals surface area (Å²) in [6.07, 6.45) is 5.12. The van der Waals surface area contributed by atoms with Gasteiger partial charge in [0.1, 0.15) is 0 Å². The van der Waals surface area contributed by atoms with Crippen LogP contribution >= 0.6 is 0 Å². The molecule has 1 fully saturated rings. The topological polar surface area (TPSA) is 58.3 Å². The van der Waals surface area contributed by atoms with E-state index >= 15 is 0 Å². The molecule has 1 atom stereocenters. The largest absolute Gasteiger partial charge is 0.390 e. The van der Waals surface area contributed by atoms with Crippen molar-refractivity contribution < 1.29 is 5.11 Å². The van der Waals surface area contributed by atoms with E-state index in [4.69, 9.17) is 5.73 Å². The molecule has 1 unspecified atom stereocenters. The van der Waals surface area contributed by atoms with Gasteiger partial charge < -0.3 is 16.2 Å². The minimum Gasteiger partial charge on any atom is -0.390 e. The van der Waals surface area contributed by atoms with Crippen molar-refractivity contribution in [1.82, 2.24) is 5.32 Å². The second kappa shape index (κ2) is 5.83. The van der Waals surface area contributed by atoms with Crippen LogP contribution in [0.4, 0.5) is 0 Å². The molecule has 0 aliphatic heterocycles. The fourth-order valence-corrected chi connectivity index (χ4v) is 2.50. The summed E-state index contributed by atoms with van der Waals surface area (Å²) in [6, 6.07) is 0. The molecule has 4 N–H and O–H groups in total. The average Bonchev–Trinajstić information content (AvgIpc) is 2.70. The van der Waals surface area contributed by atoms with Crippen LogP contribution in [0.3, 0.4) is 0 Å². The van der Waals surface area contributed by atoms with Gasteiger partial charge in [0.2, 0.25) is 0 Å². The highest BCUT2D eigenvalue weighted by atomic mass is 16.3. The molecule has 0 aromatic heterocycles. The summed E-state index contributed by atoms with van der Waals surface area (Å²) in [5.74, 6) is 0.847. The van der Waals surface area contributed by atoms with Crippen LogP contribution < -0.4 is 11.1 Å². The van der Waals surface area contributed by atoms with E-state index in [-0.39, 0.29) is 0 Å². The van der Waals surface area contributed by atoms with Gasteiger partial charge in [-0.05, 0) is 24.2 Å². The zero-order chi connectivity index (χ0) is 11.3. The van der Waals surface area contributed by atoms with Crippen LogP contribution in [0.15, 0.2) is 0 Å². The maximum Gasteiger partial charge on any atom is 0.0786 e. The molecular formula is C12H26N2O. The highest BCUT2D eigenvalue weighted by Crippen LogP contribution is 2.38. The van der Waals surface area contributed by atoms with Crippen LogP contribution in [0.2, 0.25) is 0 Å². The zero-order valence-corrected chi connectivity index (χ0v) is 10.1. The Morgan fingerprint density at radius 3 is 2.53 bits per heavy atom. The Balaban J connectivity index is 2.23. The van der Waals surface area contributed by atoms with Crippen molar-refractivity contribution in [3.05, 3.63) is 0 Å². The van der Waals surface area contributed by atoms with Crippen LogP contribution in [-0.4, -0.2) is 30.8 Å². The summed E-state index contributed by atoms with van der Waals surface area (Å²) in [5.41, 5.74) is 5.71. The molecule has 1 aliphatic carbocycles. The summed E-state index contributed by atoms with van der Waals surface area (Å²) in [5, 5.41) is 12.7. The fourth-order valence-electron chi connectivity index (χ4n) is 2.50. The third kappa shape index (κ3) is 4.09. The predicted octanol–water partition coefficient (Wildman–Crippen LogP) is 1.11. The summed E-state index contributed by atoms with van der Waals surface area (Å²) in [6.45, 7) is 6.59. The quantitative estimate of drug-likeness (QED) is 0.621. The first-order valence-electron chi connectivity index (χ1n) is 6.15. The second-order valence-electron chi connectivity index (χ2n) is 5.49. The Bertz CT molecular complexity index is 176. The summed E-state index contributed by atoms with van der Waals surface area (Å²) in [7, 11) is 0. The van der Waals surface area contributed by atoms with Crippen LogP contribution in [0, 0.1) is 11.3 Å². The Morgan fingerprint density at radius 2 is 2.00 bits per heavy atom. The number of aliphatic hydroxyl groups excluding tert-OH is 1. The van der Waals surface area contributed by atoms with Gasteiger partial charge in [-0.15, -0.1) is 0 Å². The summed E-state index contributed by atoms with van der Waals surface area (Å²) < 4.78 is 0. The Kier molecular flexibility index (Phi) is 5.03. The maximum atomic E-state index is 9.33. The monoisotopic (exact) mass is 214 g/mol. The second-order valence-corrected chi connectivity index (χ2v) is 5.49. The lowest BCUT2D eigenvalue weighted by molar-refractivity contribution is 0.159. The maximum absolute atomic E-state index is 9.33. The number of hydrogen-bond acceptors (Lipinski definition) is 3. The van der Waals surface area contributed by atoms with Crippen LogP contribution in [0.1, 0.15) is 39.5 Å². The third-order valence-corrected chi connectivity index (χ3v) is 3.69.